The zero-order valence-electron chi connectivity index (χ0n) is 9.29. The van der Waals surface area contributed by atoms with E-state index in [1.54, 1.807) is 24.2 Å². The summed E-state index contributed by atoms with van der Waals surface area (Å²) in [6.45, 7) is 2.36. The van der Waals surface area contributed by atoms with Gasteiger partial charge in [-0.05, 0) is 19.1 Å². The summed E-state index contributed by atoms with van der Waals surface area (Å²) < 4.78 is 24.3. The van der Waals surface area contributed by atoms with Crippen LogP contribution in [0.5, 0.6) is 0 Å². The first-order valence-electron chi connectivity index (χ1n) is 5.06. The average Bonchev–Trinajstić information content (AvgIpc) is 2.66. The van der Waals surface area contributed by atoms with Gasteiger partial charge in [-0.15, -0.1) is 0 Å². The second-order valence-electron chi connectivity index (χ2n) is 4.00. The van der Waals surface area contributed by atoms with Crippen LogP contribution in [0.2, 0.25) is 0 Å². The van der Waals surface area contributed by atoms with E-state index in [2.05, 4.69) is 5.10 Å². The molecule has 1 aliphatic rings. The van der Waals surface area contributed by atoms with Crippen LogP contribution in [0.1, 0.15) is 5.56 Å². The first-order chi connectivity index (χ1) is 7.50. The second kappa shape index (κ2) is 3.90. The maximum atomic E-state index is 12.2. The Kier molecular flexibility index (Phi) is 2.71. The van der Waals surface area contributed by atoms with E-state index in [1.165, 1.54) is 6.21 Å². The smallest absolute Gasteiger partial charge is 0.188 e. The van der Waals surface area contributed by atoms with Gasteiger partial charge in [0, 0.05) is 13.3 Å². The second-order valence-corrected chi connectivity index (χ2v) is 6.17. The molecule has 1 atom stereocenters. The van der Waals surface area contributed by atoms with E-state index in [0.717, 1.165) is 5.56 Å². The number of rotatable bonds is 2. The topological polar surface area (TPSA) is 49.7 Å². The highest BCUT2D eigenvalue weighted by Crippen LogP contribution is 2.18. The van der Waals surface area contributed by atoms with Crippen LogP contribution in [0.15, 0.2) is 34.3 Å². The lowest BCUT2D eigenvalue weighted by atomic mass is 10.2. The first kappa shape index (κ1) is 11.1. The van der Waals surface area contributed by atoms with Gasteiger partial charge < -0.3 is 0 Å². The summed E-state index contributed by atoms with van der Waals surface area (Å²) in [5.41, 5.74) is 1.05. The number of benzene rings is 1. The van der Waals surface area contributed by atoms with E-state index in [1.807, 2.05) is 19.1 Å². The normalized spacial score (nSPS) is 20.4. The van der Waals surface area contributed by atoms with Crippen LogP contribution < -0.4 is 0 Å². The summed E-state index contributed by atoms with van der Waals surface area (Å²) in [6, 6.07) is 6.92. The molecule has 1 aromatic carbocycles. The van der Waals surface area contributed by atoms with Gasteiger partial charge in [-0.1, -0.05) is 17.7 Å². The van der Waals surface area contributed by atoms with Gasteiger partial charge in [0.1, 0.15) is 5.25 Å². The minimum atomic E-state index is -3.28. The predicted molar refractivity (Wildman–Crippen MR) is 63.3 cm³/mol. The van der Waals surface area contributed by atoms with Crippen LogP contribution in [0.25, 0.3) is 0 Å². The number of sulfone groups is 1. The standard InChI is InChI=1S/C11H14N2O2S/c1-9-3-5-10(6-4-9)16(14,15)11-7-12-13(2)8-11/h3-7,11H,8H2,1-2H3. The third kappa shape index (κ3) is 1.95. The third-order valence-electron chi connectivity index (χ3n) is 2.62. The van der Waals surface area contributed by atoms with Crippen LogP contribution in [-0.4, -0.2) is 38.5 Å². The Labute approximate surface area is 95.5 Å². The van der Waals surface area contributed by atoms with Gasteiger partial charge in [0.05, 0.1) is 11.4 Å². The van der Waals surface area contributed by atoms with E-state index in [0.29, 0.717) is 11.4 Å². The van der Waals surface area contributed by atoms with Crippen LogP contribution in [0.3, 0.4) is 0 Å². The van der Waals surface area contributed by atoms with Gasteiger partial charge >= 0.3 is 0 Å². The minimum Gasteiger partial charge on any atom is -0.299 e. The van der Waals surface area contributed by atoms with Crippen molar-refractivity contribution < 1.29 is 8.42 Å². The van der Waals surface area contributed by atoms with Gasteiger partial charge in [-0.25, -0.2) is 8.42 Å². The van der Waals surface area contributed by atoms with Crippen molar-refractivity contribution in [3.8, 4) is 0 Å². The molecular formula is C11H14N2O2S. The quantitative estimate of drug-likeness (QED) is 0.774. The molecule has 1 heterocycles. The Balaban J connectivity index is 2.33. The lowest BCUT2D eigenvalue weighted by Crippen LogP contribution is -2.27. The van der Waals surface area contributed by atoms with Crippen molar-refractivity contribution in [3.05, 3.63) is 29.8 Å². The fourth-order valence-electron chi connectivity index (χ4n) is 1.62. The number of aryl methyl sites for hydroxylation is 1. The molecule has 1 aromatic rings. The van der Waals surface area contributed by atoms with Gasteiger partial charge in [-0.3, -0.25) is 5.01 Å². The van der Waals surface area contributed by atoms with Crippen LogP contribution in [0, 0.1) is 6.92 Å². The Morgan fingerprint density at radius 1 is 1.31 bits per heavy atom. The molecule has 0 spiro atoms. The summed E-state index contributed by atoms with van der Waals surface area (Å²) in [7, 11) is -1.51. The van der Waals surface area contributed by atoms with Crippen LogP contribution in [-0.2, 0) is 9.84 Å². The van der Waals surface area contributed by atoms with Gasteiger partial charge in [-0.2, -0.15) is 5.10 Å². The highest BCUT2D eigenvalue weighted by atomic mass is 32.2. The van der Waals surface area contributed by atoms with Crippen molar-refractivity contribution in [3.63, 3.8) is 0 Å². The van der Waals surface area contributed by atoms with Crippen LogP contribution in [0.4, 0.5) is 0 Å². The molecule has 5 heteroatoms. The Morgan fingerprint density at radius 2 is 1.94 bits per heavy atom. The van der Waals surface area contributed by atoms with Crippen molar-refractivity contribution >= 4 is 16.1 Å². The Bertz CT molecular complexity index is 505. The molecule has 86 valence electrons. The SMILES string of the molecule is Cc1ccc(S(=O)(=O)C2C=NN(C)C2)cc1. The predicted octanol–water partition coefficient (Wildman–Crippen LogP) is 1.07. The lowest BCUT2D eigenvalue weighted by Gasteiger charge is -2.11. The molecule has 4 nitrogen and oxygen atoms in total. The summed E-state index contributed by atoms with van der Waals surface area (Å²) >= 11 is 0. The monoisotopic (exact) mass is 238 g/mol. The highest BCUT2D eigenvalue weighted by Gasteiger charge is 2.30. The van der Waals surface area contributed by atoms with E-state index in [-0.39, 0.29) is 0 Å². The molecule has 0 aliphatic carbocycles. The van der Waals surface area contributed by atoms with Crippen molar-refractivity contribution in [2.45, 2.75) is 17.1 Å². The molecule has 0 fully saturated rings. The number of hydrazone groups is 1. The van der Waals surface area contributed by atoms with Gasteiger partial charge in [0.2, 0.25) is 0 Å². The third-order valence-corrected chi connectivity index (χ3v) is 4.62. The van der Waals surface area contributed by atoms with Crippen molar-refractivity contribution in [1.29, 1.82) is 0 Å². The molecular weight excluding hydrogens is 224 g/mol. The number of hydrogen-bond donors (Lipinski definition) is 0. The lowest BCUT2D eigenvalue weighted by molar-refractivity contribution is 0.392. The molecule has 0 aromatic heterocycles. The molecule has 2 rings (SSSR count). The van der Waals surface area contributed by atoms with E-state index < -0.39 is 15.1 Å². The number of hydrogen-bond acceptors (Lipinski definition) is 4. The Morgan fingerprint density at radius 3 is 2.44 bits per heavy atom. The van der Waals surface area contributed by atoms with Gasteiger partial charge in [0.25, 0.3) is 0 Å². The zero-order chi connectivity index (χ0) is 11.8. The molecule has 0 saturated carbocycles. The minimum absolute atomic E-state index is 0.366. The maximum Gasteiger partial charge on any atom is 0.188 e. The largest absolute Gasteiger partial charge is 0.299 e. The fraction of sp³-hybridized carbons (Fsp3) is 0.364. The molecule has 0 bridgehead atoms. The molecule has 1 unspecified atom stereocenters. The van der Waals surface area contributed by atoms with Gasteiger partial charge in [0.15, 0.2) is 9.84 Å². The molecule has 0 N–H and O–H groups in total. The Hall–Kier alpha value is -1.36. The highest BCUT2D eigenvalue weighted by molar-refractivity contribution is 7.92. The molecule has 16 heavy (non-hydrogen) atoms. The maximum absolute atomic E-state index is 12.2. The van der Waals surface area contributed by atoms with E-state index in [4.69, 9.17) is 0 Å². The zero-order valence-corrected chi connectivity index (χ0v) is 10.1. The van der Waals surface area contributed by atoms with E-state index in [9.17, 15) is 8.42 Å². The van der Waals surface area contributed by atoms with Crippen LogP contribution >= 0.6 is 0 Å². The average molecular weight is 238 g/mol. The molecule has 0 radical (unpaired) electrons. The summed E-state index contributed by atoms with van der Waals surface area (Å²) in [5.74, 6) is 0. The van der Waals surface area contributed by atoms with Crippen molar-refractivity contribution in [2.24, 2.45) is 5.10 Å². The number of nitrogens with zero attached hydrogens (tertiary/aromatic N) is 2. The summed E-state index contributed by atoms with van der Waals surface area (Å²) in [6.07, 6.45) is 1.50. The molecule has 0 amide bonds. The summed E-state index contributed by atoms with van der Waals surface area (Å²) in [4.78, 5) is 0.366. The fourth-order valence-corrected chi connectivity index (χ4v) is 3.12. The summed E-state index contributed by atoms with van der Waals surface area (Å²) in [5, 5.41) is 5.06. The van der Waals surface area contributed by atoms with Crippen molar-refractivity contribution in [2.75, 3.05) is 13.6 Å². The molecule has 0 saturated heterocycles. The van der Waals surface area contributed by atoms with E-state index >= 15 is 0 Å². The molecule has 1 aliphatic heterocycles. The van der Waals surface area contributed by atoms with Crippen molar-refractivity contribution in [1.82, 2.24) is 5.01 Å². The first-order valence-corrected chi connectivity index (χ1v) is 6.60.